The molecule has 21 heavy (non-hydrogen) atoms. The maximum Gasteiger partial charge on any atom is 0.262 e. The van der Waals surface area contributed by atoms with Crippen LogP contribution in [0.2, 0.25) is 10.0 Å². The van der Waals surface area contributed by atoms with Crippen molar-refractivity contribution in [1.29, 1.82) is 0 Å². The van der Waals surface area contributed by atoms with E-state index < -0.39 is 9.05 Å². The minimum atomic E-state index is -3.96. The van der Waals surface area contributed by atoms with Gasteiger partial charge >= 0.3 is 0 Å². The molecule has 0 fully saturated rings. The van der Waals surface area contributed by atoms with Gasteiger partial charge < -0.3 is 4.74 Å². The van der Waals surface area contributed by atoms with E-state index in [-0.39, 0.29) is 27.3 Å². The highest BCUT2D eigenvalue weighted by molar-refractivity contribution is 9.10. The Bertz CT molecular complexity index is 783. The molecule has 0 atom stereocenters. The van der Waals surface area contributed by atoms with Crippen LogP contribution in [0.3, 0.4) is 0 Å². The molecular weight excluding hydrogens is 424 g/mol. The standard InChI is InChI=1S/C12H7BrCl3NO3S/c13-8-3-7(4-17-5-8)6-20-9-1-2-10(21(16,18)19)12(15)11(9)14/h1-5H,6H2. The van der Waals surface area contributed by atoms with Gasteiger partial charge in [0.2, 0.25) is 0 Å². The highest BCUT2D eigenvalue weighted by Gasteiger charge is 2.19. The number of aromatic nitrogens is 1. The van der Waals surface area contributed by atoms with Gasteiger partial charge in [0.1, 0.15) is 22.3 Å². The largest absolute Gasteiger partial charge is 0.487 e. The van der Waals surface area contributed by atoms with E-state index in [1.165, 1.54) is 12.1 Å². The first kappa shape index (κ1) is 16.8. The summed E-state index contributed by atoms with van der Waals surface area (Å²) in [6.45, 7) is 0.204. The topological polar surface area (TPSA) is 56.3 Å². The molecule has 0 spiro atoms. The highest BCUT2D eigenvalue weighted by atomic mass is 79.9. The molecule has 112 valence electrons. The van der Waals surface area contributed by atoms with Gasteiger partial charge in [-0.15, -0.1) is 0 Å². The molecule has 1 aromatic heterocycles. The summed E-state index contributed by atoms with van der Waals surface area (Å²) in [5, 5.41) is -0.183. The minimum absolute atomic E-state index is 0.0126. The van der Waals surface area contributed by atoms with E-state index in [0.29, 0.717) is 0 Å². The molecule has 0 saturated heterocycles. The number of benzene rings is 1. The van der Waals surface area contributed by atoms with Crippen molar-refractivity contribution in [3.63, 3.8) is 0 Å². The quantitative estimate of drug-likeness (QED) is 0.661. The van der Waals surface area contributed by atoms with Gasteiger partial charge in [-0.1, -0.05) is 23.2 Å². The minimum Gasteiger partial charge on any atom is -0.487 e. The summed E-state index contributed by atoms with van der Waals surface area (Å²) in [4.78, 5) is 3.74. The molecule has 0 unspecified atom stereocenters. The summed E-state index contributed by atoms with van der Waals surface area (Å²) in [6, 6.07) is 4.47. The summed E-state index contributed by atoms with van der Waals surface area (Å²) in [6.07, 6.45) is 3.28. The van der Waals surface area contributed by atoms with E-state index in [2.05, 4.69) is 20.9 Å². The average molecular weight is 432 g/mol. The summed E-state index contributed by atoms with van der Waals surface area (Å²) >= 11 is 15.2. The van der Waals surface area contributed by atoms with Crippen molar-refractivity contribution in [1.82, 2.24) is 4.98 Å². The molecule has 0 radical (unpaired) electrons. The average Bonchev–Trinajstić information content (AvgIpc) is 2.39. The third-order valence-corrected chi connectivity index (χ3v) is 5.20. The van der Waals surface area contributed by atoms with Crippen molar-refractivity contribution < 1.29 is 13.2 Å². The lowest BCUT2D eigenvalue weighted by Gasteiger charge is -2.10. The van der Waals surface area contributed by atoms with Crippen LogP contribution in [0, 0.1) is 0 Å². The molecule has 0 bridgehead atoms. The van der Waals surface area contributed by atoms with E-state index in [9.17, 15) is 8.42 Å². The van der Waals surface area contributed by atoms with Crippen LogP contribution < -0.4 is 4.74 Å². The van der Waals surface area contributed by atoms with Gasteiger partial charge in [0, 0.05) is 33.1 Å². The first-order valence-electron chi connectivity index (χ1n) is 5.44. The molecule has 4 nitrogen and oxygen atoms in total. The van der Waals surface area contributed by atoms with Crippen LogP contribution in [0.5, 0.6) is 5.75 Å². The van der Waals surface area contributed by atoms with E-state index >= 15 is 0 Å². The number of nitrogens with zero attached hydrogens (tertiary/aromatic N) is 1. The lowest BCUT2D eigenvalue weighted by molar-refractivity contribution is 0.305. The Morgan fingerprint density at radius 3 is 2.52 bits per heavy atom. The zero-order valence-corrected chi connectivity index (χ0v) is 14.9. The first-order valence-corrected chi connectivity index (χ1v) is 9.30. The number of rotatable bonds is 4. The fourth-order valence-electron chi connectivity index (χ4n) is 1.51. The molecule has 0 amide bonds. The third-order valence-electron chi connectivity index (χ3n) is 2.43. The van der Waals surface area contributed by atoms with Gasteiger partial charge in [-0.05, 0) is 34.1 Å². The number of hydrogen-bond donors (Lipinski definition) is 0. The molecule has 0 N–H and O–H groups in total. The van der Waals surface area contributed by atoms with Crippen molar-refractivity contribution in [2.45, 2.75) is 11.5 Å². The fourth-order valence-corrected chi connectivity index (χ4v) is 3.71. The van der Waals surface area contributed by atoms with Crippen molar-refractivity contribution in [3.8, 4) is 5.75 Å². The van der Waals surface area contributed by atoms with E-state index in [1.54, 1.807) is 12.4 Å². The zero-order valence-electron chi connectivity index (χ0n) is 10.2. The molecule has 1 heterocycles. The lowest BCUT2D eigenvalue weighted by Crippen LogP contribution is -1.99. The van der Waals surface area contributed by atoms with E-state index in [0.717, 1.165) is 10.0 Å². The second-order valence-corrected chi connectivity index (χ2v) is 8.13. The Balaban J connectivity index is 2.24. The molecule has 1 aromatic carbocycles. The van der Waals surface area contributed by atoms with Crippen LogP contribution in [-0.2, 0) is 15.7 Å². The zero-order chi connectivity index (χ0) is 15.6. The van der Waals surface area contributed by atoms with Crippen LogP contribution in [0.4, 0.5) is 0 Å². The number of pyridine rings is 1. The SMILES string of the molecule is O=S(=O)(Cl)c1ccc(OCc2cncc(Br)c2)c(Cl)c1Cl. The Morgan fingerprint density at radius 2 is 1.90 bits per heavy atom. The van der Waals surface area contributed by atoms with Gasteiger partial charge in [0.25, 0.3) is 9.05 Å². The monoisotopic (exact) mass is 429 g/mol. The van der Waals surface area contributed by atoms with Gasteiger partial charge in [-0.25, -0.2) is 8.42 Å². The first-order chi connectivity index (χ1) is 9.79. The Hall–Kier alpha value is -0.530. The predicted octanol–water partition coefficient (Wildman–Crippen LogP) is 4.66. The maximum absolute atomic E-state index is 11.3. The molecule has 2 aromatic rings. The maximum atomic E-state index is 11.3. The van der Waals surface area contributed by atoms with Crippen LogP contribution in [0.15, 0.2) is 40.0 Å². The van der Waals surface area contributed by atoms with Gasteiger partial charge in [-0.2, -0.15) is 0 Å². The number of ether oxygens (including phenoxy) is 1. The van der Waals surface area contributed by atoms with Crippen LogP contribution in [0.25, 0.3) is 0 Å². The Kier molecular flexibility index (Phi) is 5.38. The van der Waals surface area contributed by atoms with Gasteiger partial charge in [-0.3, -0.25) is 4.98 Å². The Labute approximate surface area is 144 Å². The van der Waals surface area contributed by atoms with E-state index in [4.69, 9.17) is 38.6 Å². The molecule has 0 aliphatic carbocycles. The Morgan fingerprint density at radius 1 is 1.19 bits per heavy atom. The smallest absolute Gasteiger partial charge is 0.262 e. The molecule has 0 aliphatic heterocycles. The predicted molar refractivity (Wildman–Crippen MR) is 85.8 cm³/mol. The summed E-state index contributed by atoms with van der Waals surface area (Å²) in [7, 11) is 1.29. The summed E-state index contributed by atoms with van der Waals surface area (Å²) < 4.78 is 28.9. The van der Waals surface area contributed by atoms with Crippen molar-refractivity contribution in [2.24, 2.45) is 0 Å². The molecule has 2 rings (SSSR count). The molecular formula is C12H7BrCl3NO3S. The van der Waals surface area contributed by atoms with Crippen molar-refractivity contribution in [3.05, 3.63) is 50.7 Å². The highest BCUT2D eigenvalue weighted by Crippen LogP contribution is 2.38. The van der Waals surface area contributed by atoms with Crippen molar-refractivity contribution in [2.75, 3.05) is 0 Å². The van der Waals surface area contributed by atoms with Crippen LogP contribution in [-0.4, -0.2) is 13.4 Å². The van der Waals surface area contributed by atoms with Gasteiger partial charge in [0.15, 0.2) is 0 Å². The third kappa shape index (κ3) is 4.23. The second kappa shape index (κ2) is 6.71. The summed E-state index contributed by atoms with van der Waals surface area (Å²) in [5.41, 5.74) is 0.811. The lowest BCUT2D eigenvalue weighted by atomic mass is 10.3. The molecule has 0 saturated carbocycles. The summed E-state index contributed by atoms with van der Waals surface area (Å²) in [5.74, 6) is 0.255. The fraction of sp³-hybridized carbons (Fsp3) is 0.0833. The van der Waals surface area contributed by atoms with Gasteiger partial charge in [0.05, 0.1) is 5.02 Å². The van der Waals surface area contributed by atoms with E-state index in [1.807, 2.05) is 6.07 Å². The van der Waals surface area contributed by atoms with Crippen LogP contribution >= 0.6 is 49.8 Å². The molecule has 9 heteroatoms. The number of halogens is 4. The molecule has 0 aliphatic rings. The normalized spacial score (nSPS) is 11.4. The van der Waals surface area contributed by atoms with Crippen LogP contribution in [0.1, 0.15) is 5.56 Å². The second-order valence-electron chi connectivity index (χ2n) is 3.93. The number of hydrogen-bond acceptors (Lipinski definition) is 4. The van der Waals surface area contributed by atoms with Crippen molar-refractivity contribution >= 4 is 58.9 Å².